The van der Waals surface area contributed by atoms with Gasteiger partial charge in [0.1, 0.15) is 0 Å². The summed E-state index contributed by atoms with van der Waals surface area (Å²) in [6.45, 7) is 13.3. The molecular formula is C16H30N2O. The smallest absolute Gasteiger partial charge is 0.241 e. The van der Waals surface area contributed by atoms with Crippen molar-refractivity contribution in [1.82, 2.24) is 10.2 Å². The van der Waals surface area contributed by atoms with Gasteiger partial charge in [-0.25, -0.2) is 0 Å². The van der Waals surface area contributed by atoms with E-state index < -0.39 is 0 Å². The summed E-state index contributed by atoms with van der Waals surface area (Å²) in [6, 6.07) is 0.0189. The van der Waals surface area contributed by atoms with Crippen LogP contribution in [0.3, 0.4) is 0 Å². The standard InChI is InChI=1S/C16H30N2O/c1-10(2)9-13-15(19)18(14(17-13)11(3)4)16(5,6)12-7-8-12/h10-14,17H,7-9H2,1-6H3. The number of nitrogens with zero attached hydrogens (tertiary/aromatic N) is 1. The lowest BCUT2D eigenvalue weighted by Crippen LogP contribution is -2.54. The molecule has 1 amide bonds. The topological polar surface area (TPSA) is 32.3 Å². The van der Waals surface area contributed by atoms with Crippen LogP contribution in [0.4, 0.5) is 0 Å². The summed E-state index contributed by atoms with van der Waals surface area (Å²) in [5.41, 5.74) is 0.00471. The van der Waals surface area contributed by atoms with Gasteiger partial charge in [0.2, 0.25) is 5.91 Å². The molecule has 3 heteroatoms. The predicted molar refractivity (Wildman–Crippen MR) is 78.7 cm³/mol. The minimum Gasteiger partial charge on any atom is -0.320 e. The van der Waals surface area contributed by atoms with Crippen molar-refractivity contribution in [3.63, 3.8) is 0 Å². The number of rotatable bonds is 5. The fraction of sp³-hybridized carbons (Fsp3) is 0.938. The van der Waals surface area contributed by atoms with Gasteiger partial charge < -0.3 is 4.90 Å². The Hall–Kier alpha value is -0.570. The number of carbonyl (C=O) groups is 1. The Balaban J connectivity index is 2.20. The number of amides is 1. The normalized spacial score (nSPS) is 28.8. The van der Waals surface area contributed by atoms with Crippen molar-refractivity contribution in [3.05, 3.63) is 0 Å². The van der Waals surface area contributed by atoms with Gasteiger partial charge in [-0.05, 0) is 50.9 Å². The van der Waals surface area contributed by atoms with Crippen LogP contribution in [-0.4, -0.2) is 28.6 Å². The number of carbonyl (C=O) groups excluding carboxylic acids is 1. The van der Waals surface area contributed by atoms with Gasteiger partial charge in [0, 0.05) is 5.54 Å². The molecule has 1 saturated heterocycles. The number of hydrogen-bond acceptors (Lipinski definition) is 2. The van der Waals surface area contributed by atoms with Gasteiger partial charge in [0.15, 0.2) is 0 Å². The Morgan fingerprint density at radius 2 is 1.84 bits per heavy atom. The summed E-state index contributed by atoms with van der Waals surface area (Å²) in [5.74, 6) is 2.03. The summed E-state index contributed by atoms with van der Waals surface area (Å²) in [4.78, 5) is 15.0. The molecule has 2 unspecified atom stereocenters. The molecule has 2 atom stereocenters. The first kappa shape index (κ1) is 14.8. The quantitative estimate of drug-likeness (QED) is 0.829. The van der Waals surface area contributed by atoms with Crippen molar-refractivity contribution in [3.8, 4) is 0 Å². The van der Waals surface area contributed by atoms with Gasteiger partial charge >= 0.3 is 0 Å². The predicted octanol–water partition coefficient (Wildman–Crippen LogP) is 3.00. The van der Waals surface area contributed by atoms with Crippen molar-refractivity contribution in [2.75, 3.05) is 0 Å². The van der Waals surface area contributed by atoms with E-state index in [4.69, 9.17) is 0 Å². The third-order valence-corrected chi connectivity index (χ3v) is 4.72. The highest BCUT2D eigenvalue weighted by Crippen LogP contribution is 2.45. The second-order valence-corrected chi connectivity index (χ2v) is 7.67. The van der Waals surface area contributed by atoms with E-state index in [1.165, 1.54) is 12.8 Å². The Labute approximate surface area is 118 Å². The fourth-order valence-corrected chi connectivity index (χ4v) is 3.42. The Morgan fingerprint density at radius 1 is 1.26 bits per heavy atom. The molecule has 1 heterocycles. The molecule has 3 nitrogen and oxygen atoms in total. The fourth-order valence-electron chi connectivity index (χ4n) is 3.42. The second kappa shape index (κ2) is 5.08. The van der Waals surface area contributed by atoms with Crippen LogP contribution in [0.1, 0.15) is 60.8 Å². The SMILES string of the molecule is CC(C)CC1NC(C(C)C)N(C(C)(C)C2CC2)C1=O. The van der Waals surface area contributed by atoms with E-state index in [2.05, 4.69) is 51.8 Å². The largest absolute Gasteiger partial charge is 0.320 e. The molecule has 110 valence electrons. The van der Waals surface area contributed by atoms with Crippen molar-refractivity contribution in [1.29, 1.82) is 0 Å². The third kappa shape index (κ3) is 2.81. The maximum Gasteiger partial charge on any atom is 0.241 e. The monoisotopic (exact) mass is 266 g/mol. The van der Waals surface area contributed by atoms with E-state index in [-0.39, 0.29) is 17.7 Å². The van der Waals surface area contributed by atoms with Gasteiger partial charge in [0.25, 0.3) is 0 Å². The molecule has 2 fully saturated rings. The van der Waals surface area contributed by atoms with Crippen molar-refractivity contribution >= 4 is 5.91 Å². The van der Waals surface area contributed by atoms with E-state index in [1.807, 2.05) is 0 Å². The Kier molecular flexibility index (Phi) is 3.97. The van der Waals surface area contributed by atoms with E-state index >= 15 is 0 Å². The first-order valence-corrected chi connectivity index (χ1v) is 7.84. The molecule has 1 saturated carbocycles. The van der Waals surface area contributed by atoms with Crippen LogP contribution >= 0.6 is 0 Å². The van der Waals surface area contributed by atoms with Crippen LogP contribution in [0.5, 0.6) is 0 Å². The zero-order chi connectivity index (χ0) is 14.4. The Morgan fingerprint density at radius 3 is 2.26 bits per heavy atom. The minimum absolute atomic E-state index is 0.00471. The molecule has 0 bridgehead atoms. The van der Waals surface area contributed by atoms with Gasteiger partial charge in [0.05, 0.1) is 12.2 Å². The van der Waals surface area contributed by atoms with Crippen molar-refractivity contribution in [2.45, 2.75) is 78.6 Å². The van der Waals surface area contributed by atoms with Crippen LogP contribution in [0.2, 0.25) is 0 Å². The van der Waals surface area contributed by atoms with Gasteiger partial charge in [-0.15, -0.1) is 0 Å². The average Bonchev–Trinajstić information content (AvgIpc) is 3.05. The second-order valence-electron chi connectivity index (χ2n) is 7.67. The minimum atomic E-state index is 0.00471. The highest BCUT2D eigenvalue weighted by atomic mass is 16.2. The van der Waals surface area contributed by atoms with E-state index in [1.54, 1.807) is 0 Å². The van der Waals surface area contributed by atoms with Crippen molar-refractivity contribution in [2.24, 2.45) is 17.8 Å². The molecule has 0 aromatic rings. The van der Waals surface area contributed by atoms with Gasteiger partial charge in [-0.2, -0.15) is 0 Å². The highest BCUT2D eigenvalue weighted by Gasteiger charge is 2.52. The molecule has 2 rings (SSSR count). The van der Waals surface area contributed by atoms with E-state index in [9.17, 15) is 4.79 Å². The summed E-state index contributed by atoms with van der Waals surface area (Å²) in [5, 5.41) is 3.59. The first-order chi connectivity index (χ1) is 8.75. The average molecular weight is 266 g/mol. The van der Waals surface area contributed by atoms with Crippen LogP contribution in [0.15, 0.2) is 0 Å². The van der Waals surface area contributed by atoms with Crippen LogP contribution in [0, 0.1) is 17.8 Å². The molecule has 1 N–H and O–H groups in total. The van der Waals surface area contributed by atoms with Gasteiger partial charge in [-0.3, -0.25) is 10.1 Å². The van der Waals surface area contributed by atoms with Gasteiger partial charge in [-0.1, -0.05) is 27.7 Å². The Bertz CT molecular complexity index is 345. The molecule has 0 aromatic heterocycles. The van der Waals surface area contributed by atoms with Crippen molar-refractivity contribution < 1.29 is 4.79 Å². The van der Waals surface area contributed by atoms with Crippen LogP contribution in [-0.2, 0) is 4.79 Å². The summed E-state index contributed by atoms with van der Waals surface area (Å²) >= 11 is 0. The zero-order valence-corrected chi connectivity index (χ0v) is 13.4. The third-order valence-electron chi connectivity index (χ3n) is 4.72. The summed E-state index contributed by atoms with van der Waals surface area (Å²) in [6.07, 6.45) is 3.69. The molecular weight excluding hydrogens is 236 g/mol. The van der Waals surface area contributed by atoms with Crippen LogP contribution in [0.25, 0.3) is 0 Å². The lowest BCUT2D eigenvalue weighted by molar-refractivity contribution is -0.137. The van der Waals surface area contributed by atoms with E-state index in [0.717, 1.165) is 6.42 Å². The first-order valence-electron chi connectivity index (χ1n) is 7.84. The number of hydrogen-bond donors (Lipinski definition) is 1. The lowest BCUT2D eigenvalue weighted by atomic mass is 9.93. The highest BCUT2D eigenvalue weighted by molar-refractivity contribution is 5.85. The molecule has 19 heavy (non-hydrogen) atoms. The molecule has 0 aromatic carbocycles. The summed E-state index contributed by atoms with van der Waals surface area (Å²) < 4.78 is 0. The molecule has 2 aliphatic rings. The van der Waals surface area contributed by atoms with Crippen LogP contribution < -0.4 is 5.32 Å². The lowest BCUT2D eigenvalue weighted by Gasteiger charge is -2.41. The zero-order valence-electron chi connectivity index (χ0n) is 13.4. The molecule has 0 radical (unpaired) electrons. The summed E-state index contributed by atoms with van der Waals surface area (Å²) in [7, 11) is 0. The molecule has 1 aliphatic heterocycles. The molecule has 0 spiro atoms. The number of nitrogens with one attached hydrogen (secondary N) is 1. The molecule has 1 aliphatic carbocycles. The maximum absolute atomic E-state index is 12.8. The van der Waals surface area contributed by atoms with E-state index in [0.29, 0.717) is 23.7 Å². The maximum atomic E-state index is 12.8.